The smallest absolute Gasteiger partial charge is 0.328 e. The molecule has 0 spiro atoms. The molecule has 2 aliphatic heterocycles. The molecule has 2 heterocycles. The van der Waals surface area contributed by atoms with Crippen molar-refractivity contribution in [3.8, 4) is 17.2 Å². The highest BCUT2D eigenvalue weighted by Crippen LogP contribution is 2.52. The summed E-state index contributed by atoms with van der Waals surface area (Å²) >= 11 is 1.70. The van der Waals surface area contributed by atoms with Gasteiger partial charge in [-0.25, -0.2) is 19.2 Å². The molecular formula is C39H45N3O12S. The number of piperazine rings is 1. The van der Waals surface area contributed by atoms with E-state index in [2.05, 4.69) is 34.5 Å². The van der Waals surface area contributed by atoms with E-state index in [0.717, 1.165) is 72.4 Å². The van der Waals surface area contributed by atoms with Crippen LogP contribution in [0, 0.1) is 0 Å². The van der Waals surface area contributed by atoms with Gasteiger partial charge in [-0.2, -0.15) is 0 Å². The van der Waals surface area contributed by atoms with Gasteiger partial charge in [-0.15, -0.1) is 0 Å². The number of carbonyl (C=O) groups is 5. The van der Waals surface area contributed by atoms with Crippen molar-refractivity contribution in [2.45, 2.75) is 36.1 Å². The number of aryl methyl sites for hydroxylation is 1. The maximum Gasteiger partial charge on any atom is 0.328 e. The third kappa shape index (κ3) is 14.1. The lowest BCUT2D eigenvalue weighted by molar-refractivity contribution is -0.134. The zero-order valence-electron chi connectivity index (χ0n) is 30.6. The number of carboxylic acids is 4. The topological polar surface area (TPSA) is 212 Å². The van der Waals surface area contributed by atoms with Gasteiger partial charge in [0.15, 0.2) is 11.5 Å². The number of amides is 1. The van der Waals surface area contributed by atoms with Crippen LogP contribution in [0.25, 0.3) is 0 Å². The van der Waals surface area contributed by atoms with E-state index >= 15 is 0 Å². The van der Waals surface area contributed by atoms with E-state index in [0.29, 0.717) is 37.0 Å². The first-order valence-electron chi connectivity index (χ1n) is 17.0. The van der Waals surface area contributed by atoms with Crippen molar-refractivity contribution in [3.05, 3.63) is 102 Å². The molecule has 0 aromatic heterocycles. The number of aliphatic carboxylic acids is 4. The van der Waals surface area contributed by atoms with Crippen LogP contribution in [0.15, 0.2) is 95.9 Å². The third-order valence-electron chi connectivity index (χ3n) is 8.18. The Labute approximate surface area is 322 Å². The van der Waals surface area contributed by atoms with Crippen LogP contribution in [0.5, 0.6) is 17.2 Å². The summed E-state index contributed by atoms with van der Waals surface area (Å²) in [7, 11) is 3.34. The van der Waals surface area contributed by atoms with Crippen LogP contribution in [-0.2, 0) is 30.4 Å². The standard InChI is InChI=1S/C31H37N3O4S.2C4H4O4/c1-22(35)34-26-9-5-7-11-30(26)39-31(34)25-8-4-6-10-27(25)38-19-18-33-17-16-32-21-24(33)14-12-23-13-15-28(36-2)29(20-23)37-3;2*5-3(6)1-2-4(7)8/h4-11,13,15,20,24,31-32H,12,14,16-19,21H2,1-3H3;2*1-2H,(H,5,6)(H,7,8)/b;2*2-1-. The number of ether oxygens (including phenoxy) is 3. The van der Waals surface area contributed by atoms with Gasteiger partial charge in [-0.3, -0.25) is 14.6 Å². The zero-order valence-corrected chi connectivity index (χ0v) is 31.4. The SMILES string of the molecule is COc1ccc(CCC2CNCCN2CCOc2ccccc2C2Sc3ccccc3N2C(C)=O)cc1OC.O=C(O)/C=C\C(=O)O.O=C(O)/C=C\C(=O)O. The van der Waals surface area contributed by atoms with E-state index in [1.54, 1.807) is 32.9 Å². The summed E-state index contributed by atoms with van der Waals surface area (Å²) in [5.74, 6) is -2.63. The van der Waals surface area contributed by atoms with Crippen molar-refractivity contribution < 1.29 is 58.6 Å². The largest absolute Gasteiger partial charge is 0.493 e. The molecule has 16 heteroatoms. The normalized spacial score (nSPS) is 16.2. The molecule has 5 rings (SSSR count). The van der Waals surface area contributed by atoms with Crippen LogP contribution in [0.3, 0.4) is 0 Å². The number of nitrogens with zero attached hydrogens (tertiary/aromatic N) is 2. The Morgan fingerprint density at radius 3 is 2.00 bits per heavy atom. The molecule has 1 saturated heterocycles. The minimum absolute atomic E-state index is 0.0328. The summed E-state index contributed by atoms with van der Waals surface area (Å²) < 4.78 is 17.3. The van der Waals surface area contributed by atoms with Gasteiger partial charge < -0.3 is 40.0 Å². The van der Waals surface area contributed by atoms with Crippen LogP contribution in [0.1, 0.15) is 29.8 Å². The molecular weight excluding hydrogens is 735 g/mol. The fraction of sp³-hybridized carbons (Fsp3) is 0.308. The van der Waals surface area contributed by atoms with Crippen LogP contribution >= 0.6 is 11.8 Å². The van der Waals surface area contributed by atoms with Crippen LogP contribution < -0.4 is 24.4 Å². The number of benzene rings is 3. The van der Waals surface area contributed by atoms with E-state index in [9.17, 15) is 24.0 Å². The Balaban J connectivity index is 0.000000425. The van der Waals surface area contributed by atoms with Gasteiger partial charge in [0.2, 0.25) is 5.91 Å². The van der Waals surface area contributed by atoms with Crippen LogP contribution in [0.2, 0.25) is 0 Å². The van der Waals surface area contributed by atoms with E-state index < -0.39 is 23.9 Å². The van der Waals surface area contributed by atoms with Crippen molar-refractivity contribution in [1.82, 2.24) is 10.2 Å². The molecule has 2 atom stereocenters. The zero-order chi connectivity index (χ0) is 40.3. The minimum Gasteiger partial charge on any atom is -0.493 e. The summed E-state index contributed by atoms with van der Waals surface area (Å²) in [6.45, 7) is 6.01. The molecule has 0 bridgehead atoms. The highest BCUT2D eigenvalue weighted by Gasteiger charge is 2.35. The number of carboxylic acid groups (broad SMARTS) is 4. The lowest BCUT2D eigenvalue weighted by atomic mass is 10.0. The second kappa shape index (κ2) is 22.4. The van der Waals surface area contributed by atoms with Crippen LogP contribution in [-0.4, -0.2) is 108 Å². The first-order valence-corrected chi connectivity index (χ1v) is 17.9. The van der Waals surface area contributed by atoms with Crippen molar-refractivity contribution in [1.29, 1.82) is 0 Å². The number of para-hydroxylation sites is 2. The molecule has 0 aliphatic carbocycles. The lowest BCUT2D eigenvalue weighted by Gasteiger charge is -2.36. The molecule has 15 nitrogen and oxygen atoms in total. The fourth-order valence-corrected chi connectivity index (χ4v) is 7.09. The molecule has 5 N–H and O–H groups in total. The number of carbonyl (C=O) groups excluding carboxylic acids is 1. The summed E-state index contributed by atoms with van der Waals surface area (Å²) in [5.41, 5.74) is 3.24. The highest BCUT2D eigenvalue weighted by molar-refractivity contribution is 8.00. The molecule has 1 amide bonds. The van der Waals surface area contributed by atoms with Crippen molar-refractivity contribution in [2.75, 3.05) is 51.9 Å². The second-order valence-corrected chi connectivity index (χ2v) is 13.0. The van der Waals surface area contributed by atoms with Gasteiger partial charge in [0.05, 0.1) is 19.9 Å². The average molecular weight is 780 g/mol. The van der Waals surface area contributed by atoms with Crippen molar-refractivity contribution >= 4 is 47.2 Å². The monoisotopic (exact) mass is 779 g/mol. The number of nitrogens with one attached hydrogen (secondary N) is 1. The van der Waals surface area contributed by atoms with Gasteiger partial charge in [-0.1, -0.05) is 48.2 Å². The number of thioether (sulfide) groups is 1. The molecule has 1 fully saturated rings. The maximum atomic E-state index is 12.6. The Bertz CT molecular complexity index is 1780. The molecule has 3 aromatic carbocycles. The number of anilines is 1. The minimum atomic E-state index is -1.26. The molecule has 294 valence electrons. The number of rotatable bonds is 14. The summed E-state index contributed by atoms with van der Waals surface area (Å²) in [4.78, 5) is 56.4. The van der Waals surface area contributed by atoms with Gasteiger partial charge in [-0.05, 0) is 48.7 Å². The summed E-state index contributed by atoms with van der Waals surface area (Å²) in [6, 6.07) is 22.8. The molecule has 55 heavy (non-hydrogen) atoms. The Kier molecular flexibility index (Phi) is 17.7. The van der Waals surface area contributed by atoms with E-state index in [1.165, 1.54) is 5.56 Å². The van der Waals surface area contributed by atoms with Crippen molar-refractivity contribution in [3.63, 3.8) is 0 Å². The van der Waals surface area contributed by atoms with E-state index in [4.69, 9.17) is 34.6 Å². The predicted octanol–water partition coefficient (Wildman–Crippen LogP) is 4.57. The van der Waals surface area contributed by atoms with Gasteiger partial charge in [0, 0.05) is 73.9 Å². The molecule has 0 radical (unpaired) electrons. The second-order valence-electron chi connectivity index (χ2n) is 11.9. The molecule has 3 aromatic rings. The molecule has 2 unspecified atom stereocenters. The lowest BCUT2D eigenvalue weighted by Crippen LogP contribution is -2.52. The third-order valence-corrected chi connectivity index (χ3v) is 9.47. The van der Waals surface area contributed by atoms with Crippen molar-refractivity contribution in [2.24, 2.45) is 0 Å². The quantitative estimate of drug-likeness (QED) is 0.142. The maximum absolute atomic E-state index is 12.6. The number of methoxy groups -OCH3 is 2. The molecule has 0 saturated carbocycles. The number of hydrogen-bond donors (Lipinski definition) is 5. The molecule has 2 aliphatic rings. The number of fused-ring (bicyclic) bond motifs is 1. The van der Waals surface area contributed by atoms with Crippen LogP contribution in [0.4, 0.5) is 5.69 Å². The summed E-state index contributed by atoms with van der Waals surface area (Å²) in [5, 5.41) is 34.7. The van der Waals surface area contributed by atoms with Gasteiger partial charge in [0.25, 0.3) is 0 Å². The Morgan fingerprint density at radius 2 is 1.40 bits per heavy atom. The Morgan fingerprint density at radius 1 is 0.800 bits per heavy atom. The summed E-state index contributed by atoms with van der Waals surface area (Å²) in [6.07, 6.45) is 4.24. The van der Waals surface area contributed by atoms with E-state index in [1.807, 2.05) is 47.4 Å². The van der Waals surface area contributed by atoms with Gasteiger partial charge in [0.1, 0.15) is 17.7 Å². The first-order chi connectivity index (χ1) is 26.3. The van der Waals surface area contributed by atoms with E-state index in [-0.39, 0.29) is 11.3 Å². The Hall–Kier alpha value is -5.84. The highest BCUT2D eigenvalue weighted by atomic mass is 32.2. The predicted molar refractivity (Wildman–Crippen MR) is 205 cm³/mol. The first kappa shape index (κ1) is 43.6. The fourth-order valence-electron chi connectivity index (χ4n) is 5.72. The number of hydrogen-bond acceptors (Lipinski definition) is 11. The average Bonchev–Trinajstić information content (AvgIpc) is 3.56. The van der Waals surface area contributed by atoms with Gasteiger partial charge >= 0.3 is 23.9 Å².